The number of halogens is 3. The molecular formula is C10H12F3NO2S2. The van der Waals surface area contributed by atoms with Crippen molar-refractivity contribution in [3.63, 3.8) is 0 Å². The first-order chi connectivity index (χ1) is 8.33. The van der Waals surface area contributed by atoms with E-state index in [0.29, 0.717) is 17.1 Å². The van der Waals surface area contributed by atoms with Crippen LogP contribution >= 0.6 is 11.3 Å². The summed E-state index contributed by atoms with van der Waals surface area (Å²) in [7, 11) is -4.02. The van der Waals surface area contributed by atoms with E-state index in [-0.39, 0.29) is 17.2 Å². The Morgan fingerprint density at radius 2 is 2.06 bits per heavy atom. The molecule has 18 heavy (non-hydrogen) atoms. The highest BCUT2D eigenvalue weighted by Gasteiger charge is 2.49. The van der Waals surface area contributed by atoms with Gasteiger partial charge in [-0.2, -0.15) is 17.5 Å². The van der Waals surface area contributed by atoms with Gasteiger partial charge < -0.3 is 0 Å². The fraction of sp³-hybridized carbons (Fsp3) is 0.600. The molecule has 0 amide bonds. The van der Waals surface area contributed by atoms with Gasteiger partial charge in [0.2, 0.25) is 0 Å². The Morgan fingerprint density at radius 1 is 1.33 bits per heavy atom. The highest BCUT2D eigenvalue weighted by Crippen LogP contribution is 2.36. The second kappa shape index (κ2) is 4.82. The van der Waals surface area contributed by atoms with Crippen LogP contribution in [-0.2, 0) is 10.0 Å². The first kappa shape index (κ1) is 13.8. The van der Waals surface area contributed by atoms with Crippen LogP contribution in [0.15, 0.2) is 21.7 Å². The molecule has 1 fully saturated rings. The predicted molar refractivity (Wildman–Crippen MR) is 61.9 cm³/mol. The van der Waals surface area contributed by atoms with Crippen LogP contribution in [0.2, 0.25) is 0 Å². The third kappa shape index (κ3) is 2.55. The first-order valence-electron chi connectivity index (χ1n) is 5.45. The van der Waals surface area contributed by atoms with Gasteiger partial charge in [-0.1, -0.05) is 12.5 Å². The van der Waals surface area contributed by atoms with Gasteiger partial charge >= 0.3 is 6.18 Å². The lowest BCUT2D eigenvalue weighted by molar-refractivity contribution is -0.177. The average Bonchev–Trinajstić information content (AvgIpc) is 2.82. The van der Waals surface area contributed by atoms with E-state index in [1.165, 1.54) is 12.1 Å². The predicted octanol–water partition coefficient (Wildman–Crippen LogP) is 2.85. The smallest absolute Gasteiger partial charge is 0.206 e. The van der Waals surface area contributed by atoms with Crippen molar-refractivity contribution >= 4 is 21.4 Å². The van der Waals surface area contributed by atoms with E-state index in [2.05, 4.69) is 0 Å². The molecule has 0 spiro atoms. The Morgan fingerprint density at radius 3 is 2.61 bits per heavy atom. The lowest BCUT2D eigenvalue weighted by Crippen LogP contribution is -2.51. The Hall–Kier alpha value is -0.600. The van der Waals surface area contributed by atoms with Crippen LogP contribution < -0.4 is 0 Å². The summed E-state index contributed by atoms with van der Waals surface area (Å²) < 4.78 is 63.4. The van der Waals surface area contributed by atoms with Crippen molar-refractivity contribution in [1.29, 1.82) is 0 Å². The normalized spacial score (nSPS) is 23.2. The Kier molecular flexibility index (Phi) is 3.70. The van der Waals surface area contributed by atoms with E-state index in [0.717, 1.165) is 11.3 Å². The Balaban J connectivity index is 2.35. The van der Waals surface area contributed by atoms with Gasteiger partial charge in [-0.3, -0.25) is 0 Å². The van der Waals surface area contributed by atoms with Gasteiger partial charge in [0.15, 0.2) is 0 Å². The molecule has 2 heterocycles. The zero-order chi connectivity index (χ0) is 13.4. The zero-order valence-electron chi connectivity index (χ0n) is 9.35. The van der Waals surface area contributed by atoms with E-state index >= 15 is 0 Å². The second-order valence-corrected chi connectivity index (χ2v) is 7.17. The molecule has 1 aliphatic rings. The van der Waals surface area contributed by atoms with Crippen LogP contribution in [0.5, 0.6) is 0 Å². The van der Waals surface area contributed by atoms with E-state index in [1.54, 1.807) is 5.38 Å². The fourth-order valence-electron chi connectivity index (χ4n) is 2.05. The van der Waals surface area contributed by atoms with Crippen LogP contribution in [-0.4, -0.2) is 31.5 Å². The lowest BCUT2D eigenvalue weighted by atomic mass is 10.1. The topological polar surface area (TPSA) is 37.4 Å². The SMILES string of the molecule is O=S(=O)(c1cccs1)N1CCCCC1C(F)(F)F. The highest BCUT2D eigenvalue weighted by atomic mass is 32.2. The van der Waals surface area contributed by atoms with Gasteiger partial charge in [-0.15, -0.1) is 11.3 Å². The first-order valence-corrected chi connectivity index (χ1v) is 7.77. The van der Waals surface area contributed by atoms with Crippen LogP contribution in [0.4, 0.5) is 13.2 Å². The van der Waals surface area contributed by atoms with Gasteiger partial charge in [0.05, 0.1) is 0 Å². The minimum absolute atomic E-state index is 0.0290. The molecule has 1 aromatic rings. The average molecular weight is 299 g/mol. The zero-order valence-corrected chi connectivity index (χ0v) is 11.0. The van der Waals surface area contributed by atoms with Crippen molar-refractivity contribution < 1.29 is 21.6 Å². The number of sulfonamides is 1. The van der Waals surface area contributed by atoms with Crippen molar-refractivity contribution in [2.24, 2.45) is 0 Å². The maximum atomic E-state index is 12.9. The Labute approximate surface area is 107 Å². The molecule has 0 aliphatic carbocycles. The fourth-order valence-corrected chi connectivity index (χ4v) is 4.85. The highest BCUT2D eigenvalue weighted by molar-refractivity contribution is 7.91. The maximum absolute atomic E-state index is 12.9. The van der Waals surface area contributed by atoms with E-state index < -0.39 is 22.2 Å². The number of nitrogens with zero attached hydrogens (tertiary/aromatic N) is 1. The summed E-state index contributed by atoms with van der Waals surface area (Å²) in [6.07, 6.45) is -3.79. The largest absolute Gasteiger partial charge is 0.405 e. The van der Waals surface area contributed by atoms with Crippen LogP contribution in [0.3, 0.4) is 0 Å². The molecule has 3 nitrogen and oxygen atoms in total. The third-order valence-corrected chi connectivity index (χ3v) is 6.17. The van der Waals surface area contributed by atoms with Crippen molar-refractivity contribution in [3.05, 3.63) is 17.5 Å². The molecule has 2 rings (SSSR count). The molecule has 1 aliphatic heterocycles. The molecule has 1 saturated heterocycles. The summed E-state index contributed by atoms with van der Waals surface area (Å²) in [6.45, 7) is -0.0651. The number of hydrogen-bond donors (Lipinski definition) is 0. The van der Waals surface area contributed by atoms with E-state index in [9.17, 15) is 21.6 Å². The van der Waals surface area contributed by atoms with E-state index in [1.807, 2.05) is 0 Å². The monoisotopic (exact) mass is 299 g/mol. The van der Waals surface area contributed by atoms with Crippen molar-refractivity contribution in [2.45, 2.75) is 35.7 Å². The van der Waals surface area contributed by atoms with Crippen LogP contribution in [0.25, 0.3) is 0 Å². The summed E-state index contributed by atoms with van der Waals surface area (Å²) >= 11 is 0.939. The number of rotatable bonds is 2. The minimum atomic E-state index is -4.51. The third-order valence-electron chi connectivity index (χ3n) is 2.89. The van der Waals surface area contributed by atoms with Crippen LogP contribution in [0.1, 0.15) is 19.3 Å². The lowest BCUT2D eigenvalue weighted by Gasteiger charge is -2.35. The van der Waals surface area contributed by atoms with Gasteiger partial charge in [0, 0.05) is 6.54 Å². The summed E-state index contributed by atoms with van der Waals surface area (Å²) in [6, 6.07) is 0.963. The molecule has 1 aromatic heterocycles. The number of hydrogen-bond acceptors (Lipinski definition) is 3. The molecule has 102 valence electrons. The van der Waals surface area contributed by atoms with Crippen molar-refractivity contribution in [3.8, 4) is 0 Å². The molecule has 1 atom stereocenters. The summed E-state index contributed by atoms with van der Waals surface area (Å²) in [5.41, 5.74) is 0. The molecule has 0 bridgehead atoms. The van der Waals surface area contributed by atoms with Gasteiger partial charge in [0.25, 0.3) is 10.0 Å². The van der Waals surface area contributed by atoms with Crippen molar-refractivity contribution in [2.75, 3.05) is 6.54 Å². The second-order valence-electron chi connectivity index (χ2n) is 4.10. The molecular weight excluding hydrogens is 287 g/mol. The van der Waals surface area contributed by atoms with E-state index in [4.69, 9.17) is 0 Å². The standard InChI is InChI=1S/C10H12F3NO2S2/c11-10(12,13)8-4-1-2-6-14(8)18(15,16)9-5-3-7-17-9/h3,5,7-8H,1-2,4,6H2. The molecule has 0 N–H and O–H groups in total. The molecule has 8 heteroatoms. The number of piperidine rings is 1. The summed E-state index contributed by atoms with van der Waals surface area (Å²) in [5.74, 6) is 0. The molecule has 0 saturated carbocycles. The van der Waals surface area contributed by atoms with Gasteiger partial charge in [-0.25, -0.2) is 8.42 Å². The molecule has 0 aromatic carbocycles. The number of thiophene rings is 1. The summed E-state index contributed by atoms with van der Waals surface area (Å²) in [4.78, 5) is 0. The Bertz CT molecular complexity index is 496. The quantitative estimate of drug-likeness (QED) is 0.842. The molecule has 1 unspecified atom stereocenters. The van der Waals surface area contributed by atoms with Gasteiger partial charge in [-0.05, 0) is 24.3 Å². The summed E-state index contributed by atoms with van der Waals surface area (Å²) in [5, 5.41) is 1.54. The van der Waals surface area contributed by atoms with Crippen molar-refractivity contribution in [1.82, 2.24) is 4.31 Å². The maximum Gasteiger partial charge on any atom is 0.405 e. The number of alkyl halides is 3. The molecule has 0 radical (unpaired) electrons. The van der Waals surface area contributed by atoms with Gasteiger partial charge in [0.1, 0.15) is 10.3 Å². The van der Waals surface area contributed by atoms with Crippen LogP contribution in [0, 0.1) is 0 Å². The minimum Gasteiger partial charge on any atom is -0.206 e.